The van der Waals surface area contributed by atoms with E-state index in [4.69, 9.17) is 14.2 Å². The van der Waals surface area contributed by atoms with E-state index in [1.165, 1.54) is 6.92 Å². The maximum atomic E-state index is 11.5. The highest BCUT2D eigenvalue weighted by molar-refractivity contribution is 5.76. The van der Waals surface area contributed by atoms with Gasteiger partial charge in [0.15, 0.2) is 6.10 Å². The minimum Gasteiger partial charge on any atom is -0.463 e. The highest BCUT2D eigenvalue weighted by Crippen LogP contribution is 2.02. The second-order valence-corrected chi connectivity index (χ2v) is 4.44. The molecule has 0 rings (SSSR count). The predicted octanol–water partition coefficient (Wildman–Crippen LogP) is 3.45. The molecule has 0 aromatic rings. The molecular weight excluding hydrogens is 248 g/mol. The number of hydrogen-bond acceptors (Lipinski definition) is 5. The van der Waals surface area contributed by atoms with Crippen LogP contribution in [0.5, 0.6) is 0 Å². The molecule has 0 radical (unpaired) electrons. The van der Waals surface area contributed by atoms with Gasteiger partial charge >= 0.3 is 12.1 Å². The smallest absolute Gasteiger partial charge is 0.463 e. The summed E-state index contributed by atoms with van der Waals surface area (Å²) >= 11 is 0. The number of ether oxygens (including phenoxy) is 3. The largest absolute Gasteiger partial charge is 0.509 e. The maximum Gasteiger partial charge on any atom is 0.509 e. The number of carbonyl (C=O) groups is 2. The van der Waals surface area contributed by atoms with Crippen LogP contribution in [0.2, 0.25) is 0 Å². The molecule has 0 saturated carbocycles. The first-order chi connectivity index (χ1) is 9.11. The summed E-state index contributed by atoms with van der Waals surface area (Å²) in [7, 11) is 0. The Morgan fingerprint density at radius 2 is 1.42 bits per heavy atom. The van der Waals surface area contributed by atoms with Crippen molar-refractivity contribution in [2.75, 3.05) is 13.2 Å². The van der Waals surface area contributed by atoms with Crippen LogP contribution < -0.4 is 0 Å². The van der Waals surface area contributed by atoms with Gasteiger partial charge in [-0.15, -0.1) is 0 Å². The summed E-state index contributed by atoms with van der Waals surface area (Å²) < 4.78 is 14.6. The van der Waals surface area contributed by atoms with E-state index in [-0.39, 0.29) is 0 Å². The van der Waals surface area contributed by atoms with Crippen LogP contribution in [-0.2, 0) is 19.0 Å². The molecule has 112 valence electrons. The van der Waals surface area contributed by atoms with Crippen molar-refractivity contribution >= 4 is 12.1 Å². The minimum absolute atomic E-state index is 0.324. The van der Waals surface area contributed by atoms with Crippen molar-refractivity contribution in [2.45, 2.75) is 65.4 Å². The van der Waals surface area contributed by atoms with Crippen molar-refractivity contribution in [2.24, 2.45) is 0 Å². The molecule has 1 atom stereocenters. The number of esters is 1. The van der Waals surface area contributed by atoms with E-state index >= 15 is 0 Å². The summed E-state index contributed by atoms with van der Waals surface area (Å²) in [6, 6.07) is 0. The SMILES string of the molecule is CCCCCOC(=O)O[C@@H](C)C(=O)OCCCCC. The molecular formula is C14H26O5. The first-order valence-corrected chi connectivity index (χ1v) is 7.11. The van der Waals surface area contributed by atoms with Crippen LogP contribution in [0.1, 0.15) is 59.3 Å². The molecule has 5 nitrogen and oxygen atoms in total. The molecule has 0 saturated heterocycles. The van der Waals surface area contributed by atoms with Crippen molar-refractivity contribution in [3.63, 3.8) is 0 Å². The van der Waals surface area contributed by atoms with Crippen LogP contribution >= 0.6 is 0 Å². The average molecular weight is 274 g/mol. The number of rotatable bonds is 10. The third-order valence-corrected chi connectivity index (χ3v) is 2.56. The van der Waals surface area contributed by atoms with Gasteiger partial charge in [-0.3, -0.25) is 0 Å². The van der Waals surface area contributed by atoms with Crippen LogP contribution in [0.25, 0.3) is 0 Å². The van der Waals surface area contributed by atoms with Crippen molar-refractivity contribution in [3.05, 3.63) is 0 Å². The lowest BCUT2D eigenvalue weighted by atomic mass is 10.3. The molecule has 0 unspecified atom stereocenters. The molecule has 19 heavy (non-hydrogen) atoms. The molecule has 5 heteroatoms. The van der Waals surface area contributed by atoms with Crippen molar-refractivity contribution < 1.29 is 23.8 Å². The molecule has 0 amide bonds. The molecule has 0 aliphatic carbocycles. The fourth-order valence-electron chi connectivity index (χ4n) is 1.38. The van der Waals surface area contributed by atoms with Crippen LogP contribution in [0, 0.1) is 0 Å². The Bertz CT molecular complexity index is 252. The van der Waals surface area contributed by atoms with Crippen LogP contribution in [-0.4, -0.2) is 31.4 Å². The van der Waals surface area contributed by atoms with E-state index in [1.54, 1.807) is 0 Å². The Hall–Kier alpha value is -1.26. The first-order valence-electron chi connectivity index (χ1n) is 7.11. The van der Waals surface area contributed by atoms with Gasteiger partial charge in [-0.05, 0) is 19.8 Å². The zero-order valence-electron chi connectivity index (χ0n) is 12.3. The van der Waals surface area contributed by atoms with E-state index in [0.717, 1.165) is 38.5 Å². The zero-order valence-corrected chi connectivity index (χ0v) is 12.3. The molecule has 0 aliphatic heterocycles. The van der Waals surface area contributed by atoms with Gasteiger partial charge in [-0.25, -0.2) is 9.59 Å². The summed E-state index contributed by atoms with van der Waals surface area (Å²) in [5.41, 5.74) is 0. The van der Waals surface area contributed by atoms with Crippen LogP contribution in [0.15, 0.2) is 0 Å². The van der Waals surface area contributed by atoms with E-state index in [1.807, 2.05) is 0 Å². The molecule has 0 spiro atoms. The minimum atomic E-state index is -0.916. The van der Waals surface area contributed by atoms with Gasteiger partial charge in [0.1, 0.15) is 0 Å². The molecule has 0 bridgehead atoms. The summed E-state index contributed by atoms with van der Waals surface area (Å²) in [6.45, 7) is 6.31. The molecule has 0 N–H and O–H groups in total. The summed E-state index contributed by atoms with van der Waals surface area (Å²) in [4.78, 5) is 22.7. The van der Waals surface area contributed by atoms with Gasteiger partial charge in [-0.1, -0.05) is 39.5 Å². The van der Waals surface area contributed by atoms with Gasteiger partial charge in [0.25, 0.3) is 0 Å². The number of unbranched alkanes of at least 4 members (excludes halogenated alkanes) is 4. The van der Waals surface area contributed by atoms with E-state index < -0.39 is 18.2 Å². The van der Waals surface area contributed by atoms with Gasteiger partial charge in [-0.2, -0.15) is 0 Å². The first kappa shape index (κ1) is 17.7. The zero-order chi connectivity index (χ0) is 14.5. The fraction of sp³-hybridized carbons (Fsp3) is 0.857. The van der Waals surface area contributed by atoms with Crippen LogP contribution in [0.4, 0.5) is 4.79 Å². The highest BCUT2D eigenvalue weighted by Gasteiger charge is 2.19. The lowest BCUT2D eigenvalue weighted by Gasteiger charge is -2.12. The van der Waals surface area contributed by atoms with Gasteiger partial charge in [0.05, 0.1) is 13.2 Å². The number of hydrogen-bond donors (Lipinski definition) is 0. The summed E-state index contributed by atoms with van der Waals surface area (Å²) in [5, 5.41) is 0. The fourth-order valence-corrected chi connectivity index (χ4v) is 1.38. The Labute approximate surface area is 115 Å². The molecule has 0 fully saturated rings. The van der Waals surface area contributed by atoms with Crippen molar-refractivity contribution in [1.82, 2.24) is 0 Å². The van der Waals surface area contributed by atoms with Crippen LogP contribution in [0.3, 0.4) is 0 Å². The lowest BCUT2D eigenvalue weighted by molar-refractivity contribution is -0.154. The summed E-state index contributed by atoms with van der Waals surface area (Å²) in [6.07, 6.45) is 4.05. The summed E-state index contributed by atoms with van der Waals surface area (Å²) in [5.74, 6) is -0.526. The average Bonchev–Trinajstić information content (AvgIpc) is 2.39. The topological polar surface area (TPSA) is 61.8 Å². The highest BCUT2D eigenvalue weighted by atomic mass is 16.7. The lowest BCUT2D eigenvalue weighted by Crippen LogP contribution is -2.27. The van der Waals surface area contributed by atoms with Gasteiger partial charge in [0.2, 0.25) is 0 Å². The standard InChI is InChI=1S/C14H26O5/c1-4-6-8-10-17-13(15)12(3)19-14(16)18-11-9-7-5-2/h12H,4-11H2,1-3H3/t12-/m0/s1. The Morgan fingerprint density at radius 1 is 0.895 bits per heavy atom. The Morgan fingerprint density at radius 3 is 1.95 bits per heavy atom. The predicted molar refractivity (Wildman–Crippen MR) is 71.9 cm³/mol. The maximum absolute atomic E-state index is 11.5. The second-order valence-electron chi connectivity index (χ2n) is 4.44. The number of carbonyl (C=O) groups excluding carboxylic acids is 2. The van der Waals surface area contributed by atoms with Crippen molar-refractivity contribution in [3.8, 4) is 0 Å². The second kappa shape index (κ2) is 11.8. The molecule has 0 aromatic carbocycles. The third-order valence-electron chi connectivity index (χ3n) is 2.56. The Balaban J connectivity index is 3.66. The molecule has 0 aromatic heterocycles. The van der Waals surface area contributed by atoms with E-state index in [2.05, 4.69) is 13.8 Å². The van der Waals surface area contributed by atoms with E-state index in [9.17, 15) is 9.59 Å². The van der Waals surface area contributed by atoms with Gasteiger partial charge in [0, 0.05) is 0 Å². The Kier molecular flexibility index (Phi) is 11.0. The third kappa shape index (κ3) is 10.4. The molecule has 0 aliphatic rings. The molecule has 0 heterocycles. The van der Waals surface area contributed by atoms with Gasteiger partial charge < -0.3 is 14.2 Å². The van der Waals surface area contributed by atoms with Crippen molar-refractivity contribution in [1.29, 1.82) is 0 Å². The van der Waals surface area contributed by atoms with E-state index in [0.29, 0.717) is 13.2 Å². The normalized spacial score (nSPS) is 11.7. The monoisotopic (exact) mass is 274 g/mol. The quantitative estimate of drug-likeness (QED) is 0.451.